The lowest BCUT2D eigenvalue weighted by molar-refractivity contribution is -0.202. The van der Waals surface area contributed by atoms with E-state index in [-0.39, 0.29) is 31.0 Å². The first-order chi connectivity index (χ1) is 7.97. The van der Waals surface area contributed by atoms with E-state index < -0.39 is 18.8 Å². The van der Waals surface area contributed by atoms with Crippen LogP contribution in [-0.2, 0) is 14.3 Å². The standard InChI is InChI=1S/C11H17F2NO3/c1-6-3-7(2)16-9(6)10(15)14-4-8(5-14)17-11(12)13/h6-9,11H,3-5H2,1-2H3. The number of amides is 1. The van der Waals surface area contributed by atoms with Gasteiger partial charge < -0.3 is 14.4 Å². The third kappa shape index (κ3) is 2.74. The maximum Gasteiger partial charge on any atom is 0.345 e. The molecule has 0 N–H and O–H groups in total. The molecule has 2 rings (SSSR count). The summed E-state index contributed by atoms with van der Waals surface area (Å²) in [5.74, 6) is 0.0866. The van der Waals surface area contributed by atoms with E-state index in [1.54, 1.807) is 0 Å². The Morgan fingerprint density at radius 1 is 1.41 bits per heavy atom. The van der Waals surface area contributed by atoms with Crippen molar-refractivity contribution in [1.82, 2.24) is 4.90 Å². The van der Waals surface area contributed by atoms with E-state index in [1.165, 1.54) is 4.90 Å². The minimum atomic E-state index is -2.76. The van der Waals surface area contributed by atoms with Crippen LogP contribution in [-0.4, -0.2) is 48.8 Å². The zero-order valence-corrected chi connectivity index (χ0v) is 9.94. The number of ether oxygens (including phenoxy) is 2. The Kier molecular flexibility index (Phi) is 3.63. The Morgan fingerprint density at radius 3 is 2.53 bits per heavy atom. The van der Waals surface area contributed by atoms with Crippen LogP contribution in [0.4, 0.5) is 8.78 Å². The first-order valence-electron chi connectivity index (χ1n) is 5.85. The highest BCUT2D eigenvalue weighted by Crippen LogP contribution is 2.28. The molecule has 98 valence electrons. The molecule has 0 saturated carbocycles. The van der Waals surface area contributed by atoms with E-state index in [1.807, 2.05) is 13.8 Å². The van der Waals surface area contributed by atoms with Crippen molar-refractivity contribution < 1.29 is 23.0 Å². The number of rotatable bonds is 3. The van der Waals surface area contributed by atoms with Gasteiger partial charge in [-0.2, -0.15) is 8.78 Å². The lowest BCUT2D eigenvalue weighted by Gasteiger charge is -2.40. The Labute approximate surface area is 98.9 Å². The van der Waals surface area contributed by atoms with E-state index in [0.29, 0.717) is 0 Å². The van der Waals surface area contributed by atoms with Crippen LogP contribution in [0, 0.1) is 5.92 Å². The number of hydrogen-bond donors (Lipinski definition) is 0. The van der Waals surface area contributed by atoms with Gasteiger partial charge in [0.05, 0.1) is 12.2 Å². The number of carbonyl (C=O) groups excluding carboxylic acids is 1. The maximum absolute atomic E-state index is 12.0. The summed E-state index contributed by atoms with van der Waals surface area (Å²) in [6.45, 7) is 1.62. The van der Waals surface area contributed by atoms with Crippen molar-refractivity contribution in [2.24, 2.45) is 5.92 Å². The zero-order valence-electron chi connectivity index (χ0n) is 9.94. The molecule has 17 heavy (non-hydrogen) atoms. The zero-order chi connectivity index (χ0) is 12.6. The van der Waals surface area contributed by atoms with Gasteiger partial charge in [-0.25, -0.2) is 0 Å². The normalized spacial score (nSPS) is 34.2. The van der Waals surface area contributed by atoms with E-state index in [4.69, 9.17) is 4.74 Å². The van der Waals surface area contributed by atoms with Crippen LogP contribution < -0.4 is 0 Å². The predicted molar refractivity (Wildman–Crippen MR) is 55.6 cm³/mol. The van der Waals surface area contributed by atoms with Gasteiger partial charge in [0.2, 0.25) is 0 Å². The molecule has 2 fully saturated rings. The van der Waals surface area contributed by atoms with Crippen LogP contribution in [0.5, 0.6) is 0 Å². The van der Waals surface area contributed by atoms with E-state index >= 15 is 0 Å². The second-order valence-corrected chi connectivity index (χ2v) is 4.84. The summed E-state index contributed by atoms with van der Waals surface area (Å²) in [6.07, 6.45) is 0.000200. The summed E-state index contributed by atoms with van der Waals surface area (Å²) in [5, 5.41) is 0. The van der Waals surface area contributed by atoms with Crippen molar-refractivity contribution in [3.8, 4) is 0 Å². The number of halogens is 2. The Morgan fingerprint density at radius 2 is 2.06 bits per heavy atom. The lowest BCUT2D eigenvalue weighted by Crippen LogP contribution is -2.58. The van der Waals surface area contributed by atoms with E-state index in [2.05, 4.69) is 4.74 Å². The quantitative estimate of drug-likeness (QED) is 0.755. The topological polar surface area (TPSA) is 38.8 Å². The molecule has 2 aliphatic heterocycles. The molecular weight excluding hydrogens is 232 g/mol. The predicted octanol–water partition coefficient (Wildman–Crippen LogP) is 1.25. The third-order valence-electron chi connectivity index (χ3n) is 3.30. The second kappa shape index (κ2) is 4.86. The Hall–Kier alpha value is -0.750. The summed E-state index contributed by atoms with van der Waals surface area (Å²) >= 11 is 0. The summed E-state index contributed by atoms with van der Waals surface area (Å²) in [4.78, 5) is 13.5. The van der Waals surface area contributed by atoms with Gasteiger partial charge in [0.25, 0.3) is 5.91 Å². The summed E-state index contributed by atoms with van der Waals surface area (Å²) in [5.41, 5.74) is 0. The van der Waals surface area contributed by atoms with Crippen LogP contribution in [0.15, 0.2) is 0 Å². The van der Waals surface area contributed by atoms with Crippen molar-refractivity contribution in [3.63, 3.8) is 0 Å². The number of likely N-dealkylation sites (tertiary alicyclic amines) is 1. The number of alkyl halides is 2. The highest BCUT2D eigenvalue weighted by atomic mass is 19.3. The van der Waals surface area contributed by atoms with Gasteiger partial charge in [0.1, 0.15) is 6.10 Å². The van der Waals surface area contributed by atoms with Crippen LogP contribution in [0.2, 0.25) is 0 Å². The molecule has 0 aliphatic carbocycles. The first kappa shape index (κ1) is 12.7. The SMILES string of the molecule is CC1CC(C)C(C(=O)N2CC(OC(F)F)C2)O1. The van der Waals surface area contributed by atoms with Gasteiger partial charge >= 0.3 is 6.61 Å². The molecular formula is C11H17F2NO3. The molecule has 0 aromatic rings. The molecule has 0 aromatic carbocycles. The molecule has 3 atom stereocenters. The van der Waals surface area contributed by atoms with Crippen molar-refractivity contribution in [3.05, 3.63) is 0 Å². The Balaban J connectivity index is 1.79. The van der Waals surface area contributed by atoms with Gasteiger partial charge in [-0.1, -0.05) is 6.92 Å². The minimum Gasteiger partial charge on any atom is -0.365 e. The average Bonchev–Trinajstić information content (AvgIpc) is 2.49. The Bertz CT molecular complexity index is 294. The molecule has 4 nitrogen and oxygen atoms in total. The maximum atomic E-state index is 12.0. The van der Waals surface area contributed by atoms with Gasteiger partial charge in [-0.3, -0.25) is 4.79 Å². The average molecular weight is 249 g/mol. The number of nitrogens with zero attached hydrogens (tertiary/aromatic N) is 1. The van der Waals surface area contributed by atoms with Crippen molar-refractivity contribution in [2.75, 3.05) is 13.1 Å². The van der Waals surface area contributed by atoms with Crippen LogP contribution >= 0.6 is 0 Å². The van der Waals surface area contributed by atoms with Gasteiger partial charge in [-0.15, -0.1) is 0 Å². The largest absolute Gasteiger partial charge is 0.365 e. The number of hydrogen-bond acceptors (Lipinski definition) is 3. The lowest BCUT2D eigenvalue weighted by atomic mass is 9.99. The minimum absolute atomic E-state index is 0.0911. The monoisotopic (exact) mass is 249 g/mol. The third-order valence-corrected chi connectivity index (χ3v) is 3.30. The summed E-state index contributed by atoms with van der Waals surface area (Å²) in [6, 6.07) is 0. The molecule has 0 spiro atoms. The summed E-state index contributed by atoms with van der Waals surface area (Å²) < 4.78 is 33.6. The molecule has 6 heteroatoms. The van der Waals surface area contributed by atoms with Crippen LogP contribution in [0.25, 0.3) is 0 Å². The molecule has 0 radical (unpaired) electrons. The van der Waals surface area contributed by atoms with Crippen LogP contribution in [0.1, 0.15) is 20.3 Å². The molecule has 0 aromatic heterocycles. The first-order valence-corrected chi connectivity index (χ1v) is 5.85. The van der Waals surface area contributed by atoms with Gasteiger partial charge in [-0.05, 0) is 19.3 Å². The van der Waals surface area contributed by atoms with Gasteiger partial charge in [0.15, 0.2) is 0 Å². The fourth-order valence-corrected chi connectivity index (χ4v) is 2.42. The fourth-order valence-electron chi connectivity index (χ4n) is 2.42. The molecule has 0 bridgehead atoms. The molecule has 1 amide bonds. The molecule has 2 aliphatic rings. The summed E-state index contributed by atoms with van der Waals surface area (Å²) in [7, 11) is 0. The van der Waals surface area contributed by atoms with Gasteiger partial charge in [0, 0.05) is 13.1 Å². The fraction of sp³-hybridized carbons (Fsp3) is 0.909. The highest BCUT2D eigenvalue weighted by Gasteiger charge is 2.42. The van der Waals surface area contributed by atoms with E-state index in [9.17, 15) is 13.6 Å². The smallest absolute Gasteiger partial charge is 0.345 e. The number of carbonyl (C=O) groups is 1. The van der Waals surface area contributed by atoms with Crippen LogP contribution in [0.3, 0.4) is 0 Å². The second-order valence-electron chi connectivity index (χ2n) is 4.84. The van der Waals surface area contributed by atoms with E-state index in [0.717, 1.165) is 6.42 Å². The molecule has 2 saturated heterocycles. The van der Waals surface area contributed by atoms with Crippen molar-refractivity contribution in [2.45, 2.75) is 45.2 Å². The molecule has 3 unspecified atom stereocenters. The van der Waals surface area contributed by atoms with Crippen molar-refractivity contribution in [1.29, 1.82) is 0 Å². The van der Waals surface area contributed by atoms with Crippen molar-refractivity contribution >= 4 is 5.91 Å². The molecule has 2 heterocycles. The highest BCUT2D eigenvalue weighted by molar-refractivity contribution is 5.82.